The van der Waals surface area contributed by atoms with E-state index in [1.807, 2.05) is 18.2 Å². The number of hydrogen-bond acceptors (Lipinski definition) is 11. The van der Waals surface area contributed by atoms with Crippen LogP contribution in [0.25, 0.3) is 21.5 Å². The highest BCUT2D eigenvalue weighted by Gasteiger charge is 2.30. The lowest BCUT2D eigenvalue weighted by Crippen LogP contribution is -2.26. The molecule has 21 heteroatoms. The van der Waals surface area contributed by atoms with Gasteiger partial charge in [-0.05, 0) is 30.3 Å². The second-order valence-electron chi connectivity index (χ2n) is 8.82. The van der Waals surface area contributed by atoms with E-state index in [0.717, 1.165) is 31.4 Å². The molecule has 0 bridgehead atoms. The van der Waals surface area contributed by atoms with Crippen LogP contribution in [-0.4, -0.2) is 70.2 Å². The molecule has 1 atom stereocenters. The highest BCUT2D eigenvalue weighted by Crippen LogP contribution is 2.56. The summed E-state index contributed by atoms with van der Waals surface area (Å²) in [5.41, 5.74) is -0.274. The summed E-state index contributed by atoms with van der Waals surface area (Å²) in [7, 11) is -14.5. The van der Waals surface area contributed by atoms with Crippen molar-refractivity contribution in [3.63, 3.8) is 0 Å². The van der Waals surface area contributed by atoms with Gasteiger partial charge in [0.1, 0.15) is 24.3 Å². The third-order valence-corrected chi connectivity index (χ3v) is 10.2. The zero-order valence-corrected chi connectivity index (χ0v) is 29.7. The van der Waals surface area contributed by atoms with Crippen molar-refractivity contribution in [1.82, 2.24) is 19.6 Å². The predicted molar refractivity (Wildman–Crippen MR) is 171 cm³/mol. The van der Waals surface area contributed by atoms with Crippen LogP contribution < -0.4 is 10.5 Å². The minimum atomic E-state index is -4.78. The Morgan fingerprint density at radius 3 is 1.72 bits per heavy atom. The molecule has 1 unspecified atom stereocenters. The fourth-order valence-electron chi connectivity index (χ4n) is 3.14. The maximum Gasteiger partial charge on any atom is 0.561 e. The van der Waals surface area contributed by atoms with Crippen molar-refractivity contribution < 1.29 is 40.6 Å². The summed E-state index contributed by atoms with van der Waals surface area (Å²) in [6, 6.07) is 11.0. The van der Waals surface area contributed by atoms with Crippen LogP contribution in [0, 0.1) is 4.64 Å². The summed E-state index contributed by atoms with van der Waals surface area (Å²) in [4.78, 5) is 36.6. The Morgan fingerprint density at radius 2 is 1.28 bits per heavy atom. The van der Waals surface area contributed by atoms with Crippen molar-refractivity contribution in [1.29, 1.82) is 0 Å². The maximum atomic E-state index is 12.0. The van der Waals surface area contributed by atoms with E-state index in [1.54, 1.807) is 35.3 Å². The van der Waals surface area contributed by atoms with Gasteiger partial charge in [-0.25, -0.2) is 26.1 Å². The molecule has 0 radical (unpaired) electrons. The molecule has 0 fully saturated rings. The van der Waals surface area contributed by atoms with Gasteiger partial charge >= 0.3 is 15.0 Å². The number of rotatable bonds is 7. The molecule has 0 saturated carbocycles. The zero-order chi connectivity index (χ0) is 32.8. The van der Waals surface area contributed by atoms with Crippen LogP contribution in [0.15, 0.2) is 62.5 Å². The molecule has 0 aliphatic heterocycles. The zero-order valence-electron chi connectivity index (χ0n) is 22.3. The first kappa shape index (κ1) is 37.4. The quantitative estimate of drug-likeness (QED) is 0.203. The number of sulfone groups is 2. The fourth-order valence-corrected chi connectivity index (χ4v) is 5.23. The molecule has 0 amide bonds. The summed E-state index contributed by atoms with van der Waals surface area (Å²) in [6.07, 6.45) is 5.59. The molecule has 0 aliphatic rings. The smallest absolute Gasteiger partial charge is 0.561 e. The molecule has 2 aromatic heterocycles. The Hall–Kier alpha value is -1.79. The molecule has 2 aromatic carbocycles. The van der Waals surface area contributed by atoms with E-state index in [-0.39, 0.29) is 30.2 Å². The number of aromatic nitrogens is 4. The second kappa shape index (κ2) is 15.5. The molecule has 234 valence electrons. The van der Waals surface area contributed by atoms with E-state index in [9.17, 15) is 35.7 Å². The van der Waals surface area contributed by atoms with Gasteiger partial charge in [-0.1, -0.05) is 54.7 Å². The van der Waals surface area contributed by atoms with Crippen molar-refractivity contribution in [2.45, 2.75) is 13.1 Å². The van der Waals surface area contributed by atoms with E-state index < -0.39 is 34.7 Å². The molecule has 4 aromatic rings. The van der Waals surface area contributed by atoms with Gasteiger partial charge in [-0.15, -0.1) is 0 Å². The largest absolute Gasteiger partial charge is 0.588 e. The van der Waals surface area contributed by atoms with Gasteiger partial charge in [-0.3, -0.25) is 19.3 Å². The summed E-state index contributed by atoms with van der Waals surface area (Å²) >= 11 is 12.0. The third-order valence-electron chi connectivity index (χ3n) is 5.19. The van der Waals surface area contributed by atoms with Crippen LogP contribution in [-0.2, 0) is 41.9 Å². The Kier molecular flexibility index (Phi) is 13.5. The number of hydrogen-bond donors (Lipinski definition) is 2. The standard InChI is InChI=1S/C11H11BrN2O3S.C11H11BrN2O2S2.H2O5P2/c1-18(16,17)5-4-14-11(15)10-3-2-9(12)6-8(10)7-13-14;1-18(15,16)5-4-14-11(17)10-3-2-9(12)6-8(10)7-13-14;1-6(2)7(3,4)5/h2*2-3,6-7H,4-5H2,1H3;(H2,3,4,5). The van der Waals surface area contributed by atoms with E-state index in [4.69, 9.17) is 22.0 Å². The van der Waals surface area contributed by atoms with E-state index in [1.165, 1.54) is 10.9 Å². The lowest BCUT2D eigenvalue weighted by atomic mass is 10.2. The average molecular weight is 822 g/mol. The van der Waals surface area contributed by atoms with Crippen LogP contribution >= 0.6 is 59.1 Å². The molecule has 2 heterocycles. The Morgan fingerprint density at radius 1 is 0.884 bits per heavy atom. The van der Waals surface area contributed by atoms with Crippen molar-refractivity contribution >= 4 is 100 Å². The Bertz CT molecular complexity index is 1920. The number of fused-ring (bicyclic) bond motifs is 2. The Labute approximate surface area is 268 Å². The summed E-state index contributed by atoms with van der Waals surface area (Å²) < 4.78 is 68.3. The molecule has 2 N–H and O–H groups in total. The fraction of sp³-hybridized carbons (Fsp3) is 0.273. The van der Waals surface area contributed by atoms with E-state index in [2.05, 4.69) is 42.1 Å². The molecule has 4 rings (SSSR count). The second-order valence-corrected chi connectivity index (χ2v) is 19.6. The molecule has 43 heavy (non-hydrogen) atoms. The van der Waals surface area contributed by atoms with E-state index >= 15 is 0 Å². The normalized spacial score (nSPS) is 12.2. The number of halogens is 2. The maximum absolute atomic E-state index is 12.0. The lowest BCUT2D eigenvalue weighted by Gasteiger charge is -2.07. The van der Waals surface area contributed by atoms with Crippen LogP contribution in [0.5, 0.6) is 0 Å². The van der Waals surface area contributed by atoms with Crippen molar-refractivity contribution in [2.75, 3.05) is 24.0 Å². The van der Waals surface area contributed by atoms with Crippen LogP contribution in [0.1, 0.15) is 0 Å². The molecular weight excluding hydrogens is 798 g/mol. The van der Waals surface area contributed by atoms with Crippen LogP contribution in [0.2, 0.25) is 0 Å². The minimum Gasteiger partial charge on any atom is -0.588 e. The number of aryl methyl sites for hydroxylation is 2. The number of benzene rings is 2. The summed E-state index contributed by atoms with van der Waals surface area (Å²) in [5, 5.41) is 11.2. The molecule has 0 aliphatic carbocycles. The summed E-state index contributed by atoms with van der Waals surface area (Å²) in [6.45, 7) is 0.355. The number of nitrogens with zero attached hydrogens (tertiary/aromatic N) is 4. The van der Waals surface area contributed by atoms with Gasteiger partial charge < -0.3 is 4.89 Å². The van der Waals surface area contributed by atoms with E-state index in [0.29, 0.717) is 10.0 Å². The highest BCUT2D eigenvalue weighted by atomic mass is 79.9. The molecule has 0 spiro atoms. The van der Waals surface area contributed by atoms with Gasteiger partial charge in [0.2, 0.25) is 0 Å². The third kappa shape index (κ3) is 12.6. The van der Waals surface area contributed by atoms with Crippen LogP contribution in [0.3, 0.4) is 0 Å². The molecule has 14 nitrogen and oxygen atoms in total. The van der Waals surface area contributed by atoms with Gasteiger partial charge in [-0.2, -0.15) is 10.2 Å². The monoisotopic (exact) mass is 820 g/mol. The first-order valence-corrected chi connectivity index (χ1v) is 21.2. The Balaban J connectivity index is 0.000000247. The van der Waals surface area contributed by atoms with Crippen molar-refractivity contribution in [3.8, 4) is 0 Å². The van der Waals surface area contributed by atoms with Gasteiger partial charge in [0.15, 0.2) is 0 Å². The van der Waals surface area contributed by atoms with Crippen molar-refractivity contribution in [3.05, 3.63) is 72.7 Å². The average Bonchev–Trinajstić information content (AvgIpc) is 2.87. The molecule has 0 saturated heterocycles. The van der Waals surface area contributed by atoms with Gasteiger partial charge in [0.05, 0.1) is 42.4 Å². The lowest BCUT2D eigenvalue weighted by molar-refractivity contribution is -0.160. The van der Waals surface area contributed by atoms with Crippen molar-refractivity contribution in [2.24, 2.45) is 0 Å². The first-order chi connectivity index (χ1) is 19.7. The summed E-state index contributed by atoms with van der Waals surface area (Å²) in [5.74, 6) is -0.0573. The van der Waals surface area contributed by atoms with Gasteiger partial charge in [0.25, 0.3) is 5.56 Å². The highest BCUT2D eigenvalue weighted by molar-refractivity contribution is 9.10. The van der Waals surface area contributed by atoms with Gasteiger partial charge in [0, 0.05) is 37.6 Å². The first-order valence-electron chi connectivity index (χ1n) is 11.5. The molecular formula is C22H24Br2N4O10P2S3. The predicted octanol–water partition coefficient (Wildman–Crippen LogP) is 2.96. The topological polar surface area (TPSA) is 219 Å². The SMILES string of the molecule is CS(=O)(=O)CCn1ncc2cc(Br)ccc2c1=O.CS(=O)(=O)CCn1ncc2cc(Br)ccc2c1=S.O=[P+]([O-])P(=O)(O)O. The minimum absolute atomic E-state index is 0.0380. The van der Waals surface area contributed by atoms with Crippen LogP contribution in [0.4, 0.5) is 0 Å².